The van der Waals surface area contributed by atoms with Gasteiger partial charge in [-0.2, -0.15) is 0 Å². The lowest BCUT2D eigenvalue weighted by atomic mass is 10.1. The topological polar surface area (TPSA) is 54.0 Å². The lowest BCUT2D eigenvalue weighted by Crippen LogP contribution is -2.17. The van der Waals surface area contributed by atoms with Gasteiger partial charge in [0.05, 0.1) is 7.11 Å². The Kier molecular flexibility index (Phi) is 6.13. The lowest BCUT2D eigenvalue weighted by Gasteiger charge is -2.17. The van der Waals surface area contributed by atoms with Crippen LogP contribution in [0.1, 0.15) is 29.9 Å². The van der Waals surface area contributed by atoms with Crippen molar-refractivity contribution in [2.75, 3.05) is 7.11 Å². The zero-order chi connectivity index (χ0) is 23.6. The highest BCUT2D eigenvalue weighted by Crippen LogP contribution is 2.47. The van der Waals surface area contributed by atoms with Crippen molar-refractivity contribution in [3.05, 3.63) is 71.5 Å². The number of ether oxygens (including phenoxy) is 4. The minimum absolute atomic E-state index is 0.0192. The molecule has 9 heteroatoms. The second-order valence-corrected chi connectivity index (χ2v) is 7.30. The van der Waals surface area contributed by atoms with Gasteiger partial charge in [-0.05, 0) is 72.9 Å². The third kappa shape index (κ3) is 5.54. The van der Waals surface area contributed by atoms with Crippen LogP contribution in [0, 0.1) is 5.82 Å². The summed E-state index contributed by atoms with van der Waals surface area (Å²) >= 11 is 0. The largest absolute Gasteiger partial charge is 0.573 e. The molecule has 171 valence electrons. The molecule has 0 unspecified atom stereocenters. The summed E-state index contributed by atoms with van der Waals surface area (Å²) in [5, 5.41) is 0. The van der Waals surface area contributed by atoms with Crippen LogP contribution >= 0.6 is 0 Å². The van der Waals surface area contributed by atoms with Gasteiger partial charge in [-0.25, -0.2) is 4.39 Å². The van der Waals surface area contributed by atoms with Crippen LogP contribution < -0.4 is 18.9 Å². The van der Waals surface area contributed by atoms with Gasteiger partial charge >= 0.3 is 6.36 Å². The zero-order valence-corrected chi connectivity index (χ0v) is 17.2. The van der Waals surface area contributed by atoms with Crippen LogP contribution in [0.5, 0.6) is 34.5 Å². The summed E-state index contributed by atoms with van der Waals surface area (Å²) < 4.78 is 73.2. The van der Waals surface area contributed by atoms with Crippen LogP contribution in [0.2, 0.25) is 0 Å². The van der Waals surface area contributed by atoms with Crippen LogP contribution in [0.3, 0.4) is 0 Å². The van der Waals surface area contributed by atoms with Crippen molar-refractivity contribution in [3.63, 3.8) is 0 Å². The van der Waals surface area contributed by atoms with Gasteiger partial charge in [-0.3, -0.25) is 4.79 Å². The molecule has 1 radical (unpaired) electrons. The molecule has 1 aliphatic carbocycles. The molecule has 0 atom stereocenters. The van der Waals surface area contributed by atoms with Crippen LogP contribution in [0.25, 0.3) is 0 Å². The quantitative estimate of drug-likeness (QED) is 0.352. The number of benzene rings is 3. The molecule has 0 aliphatic heterocycles. The summed E-state index contributed by atoms with van der Waals surface area (Å²) in [6, 6.07) is 12.2. The Labute approximate surface area is 186 Å². The van der Waals surface area contributed by atoms with Gasteiger partial charge in [0.15, 0.2) is 23.1 Å². The first-order valence-corrected chi connectivity index (χ1v) is 9.87. The number of hydrogen-bond donors (Lipinski definition) is 0. The van der Waals surface area contributed by atoms with Crippen LogP contribution in [0.15, 0.2) is 54.6 Å². The Bertz CT molecular complexity index is 1150. The fraction of sp³-hybridized carbons (Fsp3) is 0.208. The zero-order valence-electron chi connectivity index (χ0n) is 17.2. The fourth-order valence-corrected chi connectivity index (χ4v) is 3.17. The number of alkyl halides is 3. The van der Waals surface area contributed by atoms with Crippen LogP contribution in [0.4, 0.5) is 17.6 Å². The summed E-state index contributed by atoms with van der Waals surface area (Å²) in [5.41, 5.74) is 1.02. The molecule has 3 aromatic carbocycles. The van der Waals surface area contributed by atoms with E-state index in [2.05, 4.69) is 4.74 Å². The maximum atomic E-state index is 15.0. The highest BCUT2D eigenvalue weighted by atomic mass is 19.4. The molecule has 0 aromatic heterocycles. The Morgan fingerprint density at radius 2 is 1.58 bits per heavy atom. The van der Waals surface area contributed by atoms with Gasteiger partial charge in [-0.1, -0.05) is 0 Å². The van der Waals surface area contributed by atoms with E-state index in [-0.39, 0.29) is 34.7 Å². The second-order valence-electron chi connectivity index (χ2n) is 7.30. The third-order valence-electron chi connectivity index (χ3n) is 4.86. The third-order valence-corrected chi connectivity index (χ3v) is 4.86. The first kappa shape index (κ1) is 22.4. The number of hydrogen-bond acceptors (Lipinski definition) is 5. The van der Waals surface area contributed by atoms with E-state index in [9.17, 15) is 18.0 Å². The van der Waals surface area contributed by atoms with E-state index < -0.39 is 17.9 Å². The van der Waals surface area contributed by atoms with E-state index in [0.29, 0.717) is 5.56 Å². The van der Waals surface area contributed by atoms with Gasteiger partial charge in [0.2, 0.25) is 12.0 Å². The van der Waals surface area contributed by atoms with Crippen molar-refractivity contribution < 1.29 is 41.3 Å². The summed E-state index contributed by atoms with van der Waals surface area (Å²) in [6.07, 6.45) is -1.31. The second kappa shape index (κ2) is 9.01. The van der Waals surface area contributed by atoms with E-state index in [0.717, 1.165) is 30.5 Å². The van der Waals surface area contributed by atoms with Crippen molar-refractivity contribution in [3.8, 4) is 34.5 Å². The summed E-state index contributed by atoms with van der Waals surface area (Å²) in [6.45, 7) is 0. The van der Waals surface area contributed by atoms with Gasteiger partial charge in [-0.15, -0.1) is 13.2 Å². The molecule has 0 heterocycles. The average Bonchev–Trinajstić information content (AvgIpc) is 3.62. The normalized spacial score (nSPS) is 13.4. The molecule has 0 spiro atoms. The number of carbonyl (C=O) groups excluding carboxylic acids is 1. The predicted octanol–water partition coefficient (Wildman–Crippen LogP) is 6.65. The van der Waals surface area contributed by atoms with E-state index in [1.54, 1.807) is 12.4 Å². The van der Waals surface area contributed by atoms with E-state index in [4.69, 9.17) is 14.2 Å². The number of halogens is 4. The molecular formula is C24H17F4O5. The summed E-state index contributed by atoms with van der Waals surface area (Å²) in [4.78, 5) is 10.7. The van der Waals surface area contributed by atoms with Crippen molar-refractivity contribution in [1.82, 2.24) is 0 Å². The lowest BCUT2D eigenvalue weighted by molar-refractivity contribution is -0.274. The van der Waals surface area contributed by atoms with E-state index in [1.807, 2.05) is 0 Å². The maximum Gasteiger partial charge on any atom is 0.573 e. The molecule has 5 nitrogen and oxygen atoms in total. The molecule has 3 aromatic rings. The Morgan fingerprint density at radius 3 is 2.18 bits per heavy atom. The Hall–Kier alpha value is -3.75. The number of rotatable bonds is 8. The van der Waals surface area contributed by atoms with Gasteiger partial charge in [0.25, 0.3) is 0 Å². The van der Waals surface area contributed by atoms with Gasteiger partial charge < -0.3 is 18.9 Å². The molecule has 1 saturated carbocycles. The van der Waals surface area contributed by atoms with Gasteiger partial charge in [0.1, 0.15) is 11.5 Å². The maximum absolute atomic E-state index is 15.0. The molecule has 33 heavy (non-hydrogen) atoms. The minimum Gasteiger partial charge on any atom is -0.493 e. The number of methoxy groups -OCH3 is 1. The summed E-state index contributed by atoms with van der Waals surface area (Å²) in [7, 11) is 1.25. The smallest absolute Gasteiger partial charge is 0.493 e. The van der Waals surface area contributed by atoms with Crippen molar-refractivity contribution in [1.29, 1.82) is 0 Å². The molecule has 0 bridgehead atoms. The molecule has 0 amide bonds. The highest BCUT2D eigenvalue weighted by Gasteiger charge is 2.32. The molecular weight excluding hydrogens is 444 g/mol. The Balaban J connectivity index is 1.68. The standard InChI is InChI=1S/C24H17F4O5/c1-30-21-12-18(33-24(26,27)28)8-9-20(21)32-22-11-16(15-4-5-15)10-19(25)23(22)31-17-6-2-14(13-29)3-7-17/h2-3,6-12,15H,4-5H2,1H3. The van der Waals surface area contributed by atoms with Crippen LogP contribution in [-0.4, -0.2) is 19.8 Å². The van der Waals surface area contributed by atoms with Crippen molar-refractivity contribution in [2.45, 2.75) is 25.1 Å². The van der Waals surface area contributed by atoms with Crippen molar-refractivity contribution >= 4 is 6.29 Å². The highest BCUT2D eigenvalue weighted by molar-refractivity contribution is 5.75. The average molecular weight is 461 g/mol. The molecule has 4 rings (SSSR count). The van der Waals surface area contributed by atoms with E-state index >= 15 is 4.39 Å². The minimum atomic E-state index is -4.87. The molecule has 1 fully saturated rings. The van der Waals surface area contributed by atoms with Crippen LogP contribution in [-0.2, 0) is 4.79 Å². The first-order chi connectivity index (χ1) is 15.8. The molecule has 0 N–H and O–H groups in total. The summed E-state index contributed by atoms with van der Waals surface area (Å²) in [5.74, 6) is -0.934. The SMILES string of the molecule is COc1cc(OC(F)(F)F)ccc1Oc1cc(C2CC2)cc(F)c1Oc1ccc([C]=O)cc1. The monoisotopic (exact) mass is 461 g/mol. The predicted molar refractivity (Wildman–Crippen MR) is 109 cm³/mol. The van der Waals surface area contributed by atoms with Gasteiger partial charge in [0, 0.05) is 11.6 Å². The first-order valence-electron chi connectivity index (χ1n) is 9.87. The molecule has 0 saturated heterocycles. The van der Waals surface area contributed by atoms with Crippen molar-refractivity contribution in [2.24, 2.45) is 0 Å². The fourth-order valence-electron chi connectivity index (χ4n) is 3.17. The van der Waals surface area contributed by atoms with E-state index in [1.165, 1.54) is 43.5 Å². The molecule has 1 aliphatic rings. The Morgan fingerprint density at radius 1 is 0.879 bits per heavy atom.